The van der Waals surface area contributed by atoms with E-state index in [1.54, 1.807) is 0 Å². The molecule has 0 atom stereocenters. The maximum absolute atomic E-state index is 5.99. The van der Waals surface area contributed by atoms with Crippen LogP contribution in [0.5, 0.6) is 0 Å². The summed E-state index contributed by atoms with van der Waals surface area (Å²) in [6.07, 6.45) is 0. The first-order valence-electron chi connectivity index (χ1n) is 4.88. The normalized spacial score (nSPS) is 11.0. The fourth-order valence-electron chi connectivity index (χ4n) is 1.05. The third kappa shape index (κ3) is 4.39. The van der Waals surface area contributed by atoms with Crippen molar-refractivity contribution in [3.63, 3.8) is 0 Å². The van der Waals surface area contributed by atoms with Gasteiger partial charge in [-0.1, -0.05) is 43.1 Å². The lowest BCUT2D eigenvalue weighted by Crippen LogP contribution is -2.17. The summed E-state index contributed by atoms with van der Waals surface area (Å²) in [4.78, 5) is 5.24. The molecular weight excluding hydrogens is 233 g/mol. The number of rotatable bonds is 5. The topological polar surface area (TPSA) is 21.3 Å². The van der Waals surface area contributed by atoms with Gasteiger partial charge in [0, 0.05) is 22.2 Å². The standard InChI is InChI=1S/C11H15Cl2NO/c1-8(2)7-15-14-6-9-10(12)4-3-5-11(9)13/h3-5,8,14H,6-7H2,1-2H3. The number of halogens is 2. The van der Waals surface area contributed by atoms with Gasteiger partial charge >= 0.3 is 0 Å². The van der Waals surface area contributed by atoms with Crippen LogP contribution in [0.2, 0.25) is 10.0 Å². The molecule has 0 aliphatic carbocycles. The van der Waals surface area contributed by atoms with Crippen LogP contribution in [0.4, 0.5) is 0 Å². The largest absolute Gasteiger partial charge is 0.301 e. The number of nitrogens with one attached hydrogen (secondary N) is 1. The summed E-state index contributed by atoms with van der Waals surface area (Å²) in [5.41, 5.74) is 3.71. The van der Waals surface area contributed by atoms with E-state index in [1.165, 1.54) is 0 Å². The van der Waals surface area contributed by atoms with Crippen molar-refractivity contribution in [3.05, 3.63) is 33.8 Å². The highest BCUT2D eigenvalue weighted by atomic mass is 35.5. The van der Waals surface area contributed by atoms with Crippen molar-refractivity contribution < 1.29 is 4.84 Å². The van der Waals surface area contributed by atoms with E-state index in [-0.39, 0.29) is 0 Å². The summed E-state index contributed by atoms with van der Waals surface area (Å²) in [5.74, 6) is 0.499. The molecule has 0 bridgehead atoms. The summed E-state index contributed by atoms with van der Waals surface area (Å²) < 4.78 is 0. The first kappa shape index (κ1) is 12.8. The average molecular weight is 248 g/mol. The number of hydrogen-bond acceptors (Lipinski definition) is 2. The zero-order valence-corrected chi connectivity index (χ0v) is 10.4. The van der Waals surface area contributed by atoms with Crippen LogP contribution in [0.25, 0.3) is 0 Å². The molecule has 0 saturated heterocycles. The zero-order valence-electron chi connectivity index (χ0n) is 8.89. The van der Waals surface area contributed by atoms with Crippen molar-refractivity contribution in [2.24, 2.45) is 5.92 Å². The van der Waals surface area contributed by atoms with Crippen LogP contribution in [0.15, 0.2) is 18.2 Å². The number of hydroxylamine groups is 1. The summed E-state index contributed by atoms with van der Waals surface area (Å²) in [7, 11) is 0. The lowest BCUT2D eigenvalue weighted by atomic mass is 10.2. The van der Waals surface area contributed by atoms with Crippen molar-refractivity contribution in [3.8, 4) is 0 Å². The average Bonchev–Trinajstić information content (AvgIpc) is 2.15. The molecule has 1 rings (SSSR count). The second kappa shape index (κ2) is 6.33. The Bertz CT molecular complexity index is 295. The van der Waals surface area contributed by atoms with Crippen LogP contribution in [0.1, 0.15) is 19.4 Å². The van der Waals surface area contributed by atoms with Gasteiger partial charge in [0.2, 0.25) is 0 Å². The fourth-order valence-corrected chi connectivity index (χ4v) is 1.58. The Balaban J connectivity index is 2.43. The molecule has 15 heavy (non-hydrogen) atoms. The van der Waals surface area contributed by atoms with Crippen LogP contribution in [0.3, 0.4) is 0 Å². The maximum Gasteiger partial charge on any atom is 0.0705 e. The Morgan fingerprint density at radius 2 is 1.87 bits per heavy atom. The highest BCUT2D eigenvalue weighted by Gasteiger charge is 2.04. The molecule has 0 aromatic heterocycles. The lowest BCUT2D eigenvalue weighted by Gasteiger charge is -2.10. The maximum atomic E-state index is 5.99. The first-order valence-corrected chi connectivity index (χ1v) is 5.64. The molecular formula is C11H15Cl2NO. The first-order chi connectivity index (χ1) is 7.11. The van der Waals surface area contributed by atoms with E-state index in [1.807, 2.05) is 18.2 Å². The molecule has 2 nitrogen and oxygen atoms in total. The molecule has 1 N–H and O–H groups in total. The quantitative estimate of drug-likeness (QED) is 0.634. The summed E-state index contributed by atoms with van der Waals surface area (Å²) in [6, 6.07) is 5.45. The van der Waals surface area contributed by atoms with Gasteiger partial charge in [-0.2, -0.15) is 5.48 Å². The second-order valence-corrected chi connectivity index (χ2v) is 4.54. The van der Waals surface area contributed by atoms with Crippen molar-refractivity contribution in [2.75, 3.05) is 6.61 Å². The molecule has 0 unspecified atom stereocenters. The molecule has 4 heteroatoms. The Labute approximate surface area is 100 Å². The van der Waals surface area contributed by atoms with E-state index >= 15 is 0 Å². The third-order valence-corrected chi connectivity index (χ3v) is 2.54. The van der Waals surface area contributed by atoms with Gasteiger partial charge < -0.3 is 4.84 Å². The van der Waals surface area contributed by atoms with E-state index in [2.05, 4.69) is 19.3 Å². The minimum absolute atomic E-state index is 0.499. The molecule has 0 amide bonds. The summed E-state index contributed by atoms with van der Waals surface area (Å²) in [6.45, 7) is 5.36. The Morgan fingerprint density at radius 1 is 1.27 bits per heavy atom. The van der Waals surface area contributed by atoms with Gasteiger partial charge in [0.15, 0.2) is 0 Å². The highest BCUT2D eigenvalue weighted by Crippen LogP contribution is 2.23. The van der Waals surface area contributed by atoms with Gasteiger partial charge in [0.1, 0.15) is 0 Å². The van der Waals surface area contributed by atoms with E-state index in [4.69, 9.17) is 28.0 Å². The van der Waals surface area contributed by atoms with Crippen LogP contribution in [-0.4, -0.2) is 6.61 Å². The molecule has 1 aromatic rings. The second-order valence-electron chi connectivity index (χ2n) is 3.73. The smallest absolute Gasteiger partial charge is 0.0705 e. The van der Waals surface area contributed by atoms with Crippen LogP contribution >= 0.6 is 23.2 Å². The van der Waals surface area contributed by atoms with Crippen molar-refractivity contribution >= 4 is 23.2 Å². The number of hydrogen-bond donors (Lipinski definition) is 1. The lowest BCUT2D eigenvalue weighted by molar-refractivity contribution is 0.0197. The van der Waals surface area contributed by atoms with Crippen LogP contribution in [0, 0.1) is 5.92 Å². The predicted molar refractivity (Wildman–Crippen MR) is 64.1 cm³/mol. The van der Waals surface area contributed by atoms with Gasteiger partial charge in [-0.3, -0.25) is 0 Å². The minimum atomic E-state index is 0.499. The van der Waals surface area contributed by atoms with E-state index in [0.29, 0.717) is 29.1 Å². The predicted octanol–water partition coefficient (Wildman–Crippen LogP) is 3.67. The van der Waals surface area contributed by atoms with Gasteiger partial charge in [0.25, 0.3) is 0 Å². The molecule has 0 saturated carbocycles. The van der Waals surface area contributed by atoms with Gasteiger partial charge in [-0.05, 0) is 18.1 Å². The number of benzene rings is 1. The van der Waals surface area contributed by atoms with Crippen molar-refractivity contribution in [1.82, 2.24) is 5.48 Å². The van der Waals surface area contributed by atoms with Crippen LogP contribution in [-0.2, 0) is 11.4 Å². The summed E-state index contributed by atoms with van der Waals surface area (Å²) >= 11 is 12.0. The van der Waals surface area contributed by atoms with Crippen molar-refractivity contribution in [2.45, 2.75) is 20.4 Å². The summed E-state index contributed by atoms with van der Waals surface area (Å²) in [5, 5.41) is 1.31. The highest BCUT2D eigenvalue weighted by molar-refractivity contribution is 6.35. The molecule has 0 radical (unpaired) electrons. The molecule has 0 aliphatic rings. The molecule has 0 heterocycles. The fraction of sp³-hybridized carbons (Fsp3) is 0.455. The molecule has 84 valence electrons. The molecule has 0 aliphatic heterocycles. The zero-order chi connectivity index (χ0) is 11.3. The van der Waals surface area contributed by atoms with E-state index < -0.39 is 0 Å². The van der Waals surface area contributed by atoms with Crippen molar-refractivity contribution in [1.29, 1.82) is 0 Å². The van der Waals surface area contributed by atoms with Gasteiger partial charge in [-0.25, -0.2) is 0 Å². The third-order valence-electron chi connectivity index (χ3n) is 1.83. The molecule has 0 fully saturated rings. The minimum Gasteiger partial charge on any atom is -0.301 e. The molecule has 0 spiro atoms. The van der Waals surface area contributed by atoms with E-state index in [9.17, 15) is 0 Å². The van der Waals surface area contributed by atoms with Gasteiger partial charge in [0.05, 0.1) is 6.61 Å². The van der Waals surface area contributed by atoms with Gasteiger partial charge in [-0.15, -0.1) is 0 Å². The van der Waals surface area contributed by atoms with Crippen LogP contribution < -0.4 is 5.48 Å². The monoisotopic (exact) mass is 247 g/mol. The molecule has 1 aromatic carbocycles. The van der Waals surface area contributed by atoms with E-state index in [0.717, 1.165) is 5.56 Å². The Kier molecular flexibility index (Phi) is 5.40. The SMILES string of the molecule is CC(C)CONCc1c(Cl)cccc1Cl. The Hall–Kier alpha value is -0.280. The Morgan fingerprint density at radius 3 is 2.40 bits per heavy atom.